The molecule has 3 nitrogen and oxygen atoms in total. The number of amides is 1. The number of hydrogen-bond acceptors (Lipinski definition) is 2. The summed E-state index contributed by atoms with van der Waals surface area (Å²) in [6.07, 6.45) is -4.21. The molecule has 118 valence electrons. The zero-order chi connectivity index (χ0) is 16.1. The molecule has 0 bridgehead atoms. The Hall–Kier alpha value is -1.50. The molecule has 3 rings (SSSR count). The van der Waals surface area contributed by atoms with Crippen LogP contribution < -0.4 is 0 Å². The van der Waals surface area contributed by atoms with Crippen molar-refractivity contribution in [3.05, 3.63) is 34.0 Å². The second-order valence-electron chi connectivity index (χ2n) is 5.44. The van der Waals surface area contributed by atoms with Gasteiger partial charge in [-0.1, -0.05) is 15.9 Å². The monoisotopic (exact) mass is 375 g/mol. The van der Waals surface area contributed by atoms with Gasteiger partial charge in [-0.3, -0.25) is 4.79 Å². The molecule has 1 aliphatic heterocycles. The Kier molecular flexibility index (Phi) is 3.71. The number of benzene rings is 1. The van der Waals surface area contributed by atoms with Crippen molar-refractivity contribution in [1.29, 1.82) is 0 Å². The predicted molar refractivity (Wildman–Crippen MR) is 78.6 cm³/mol. The summed E-state index contributed by atoms with van der Waals surface area (Å²) >= 11 is 3.38. The van der Waals surface area contributed by atoms with Gasteiger partial charge in [-0.25, -0.2) is 0 Å². The van der Waals surface area contributed by atoms with E-state index in [1.165, 1.54) is 0 Å². The normalized spacial score (nSPS) is 19.1. The summed E-state index contributed by atoms with van der Waals surface area (Å²) < 4.78 is 44.7. The molecule has 2 aromatic rings. The van der Waals surface area contributed by atoms with E-state index >= 15 is 0 Å². The lowest BCUT2D eigenvalue weighted by molar-refractivity contribution is -0.187. The van der Waals surface area contributed by atoms with Gasteiger partial charge in [0.1, 0.15) is 11.3 Å². The fourth-order valence-corrected chi connectivity index (χ4v) is 3.27. The highest BCUT2D eigenvalue weighted by Crippen LogP contribution is 2.33. The van der Waals surface area contributed by atoms with Crippen LogP contribution in [0.3, 0.4) is 0 Å². The van der Waals surface area contributed by atoms with Crippen LogP contribution in [0.25, 0.3) is 11.0 Å². The van der Waals surface area contributed by atoms with Crippen LogP contribution in [0.2, 0.25) is 0 Å². The van der Waals surface area contributed by atoms with E-state index in [0.717, 1.165) is 25.9 Å². The van der Waals surface area contributed by atoms with Crippen LogP contribution in [-0.4, -0.2) is 29.6 Å². The molecule has 0 radical (unpaired) electrons. The van der Waals surface area contributed by atoms with E-state index in [4.69, 9.17) is 4.42 Å². The summed E-state index contributed by atoms with van der Waals surface area (Å²) in [6, 6.07) is 5.02. The van der Waals surface area contributed by atoms with Crippen molar-refractivity contribution in [2.24, 2.45) is 0 Å². The van der Waals surface area contributed by atoms with Gasteiger partial charge in [0.25, 0.3) is 0 Å². The van der Waals surface area contributed by atoms with E-state index < -0.39 is 18.1 Å². The fourth-order valence-electron chi connectivity index (χ4n) is 2.91. The Bertz CT molecular complexity index is 738. The third-order valence-electron chi connectivity index (χ3n) is 3.96. The maximum Gasteiger partial charge on any atom is 0.471 e. The molecule has 7 heteroatoms. The first-order valence-corrected chi connectivity index (χ1v) is 7.64. The van der Waals surface area contributed by atoms with Crippen LogP contribution in [0.15, 0.2) is 27.1 Å². The number of alkyl halides is 3. The molecule has 1 aliphatic rings. The largest absolute Gasteiger partial charge is 0.471 e. The van der Waals surface area contributed by atoms with Crippen molar-refractivity contribution < 1.29 is 22.4 Å². The highest BCUT2D eigenvalue weighted by atomic mass is 79.9. The number of nitrogens with zero attached hydrogens (tertiary/aromatic N) is 1. The van der Waals surface area contributed by atoms with Gasteiger partial charge < -0.3 is 9.32 Å². The van der Waals surface area contributed by atoms with Gasteiger partial charge in [-0.05, 0) is 31.5 Å². The molecule has 22 heavy (non-hydrogen) atoms. The quantitative estimate of drug-likeness (QED) is 0.695. The molecular formula is C15H13BrF3NO2. The van der Waals surface area contributed by atoms with Crippen molar-refractivity contribution in [1.82, 2.24) is 4.90 Å². The fraction of sp³-hybridized carbons (Fsp3) is 0.400. The first-order valence-electron chi connectivity index (χ1n) is 6.85. The molecule has 1 atom stereocenters. The molecule has 0 aliphatic carbocycles. The van der Waals surface area contributed by atoms with E-state index in [1.807, 2.05) is 18.2 Å². The van der Waals surface area contributed by atoms with Crippen LogP contribution in [0, 0.1) is 0 Å². The number of fused-ring (bicyclic) bond motifs is 3. The SMILES string of the molecule is CC1Cc2oc3ccc(Br)cc3c2CCN1C(=O)C(F)(F)F. The minimum absolute atomic E-state index is 0.0354. The van der Waals surface area contributed by atoms with Gasteiger partial charge >= 0.3 is 12.1 Å². The number of carbonyl (C=O) groups is 1. The van der Waals surface area contributed by atoms with Crippen LogP contribution in [0.5, 0.6) is 0 Å². The summed E-state index contributed by atoms with van der Waals surface area (Å²) in [5, 5.41) is 0.887. The molecule has 1 amide bonds. The minimum Gasteiger partial charge on any atom is -0.461 e. The highest BCUT2D eigenvalue weighted by Gasteiger charge is 2.44. The average molecular weight is 376 g/mol. The summed E-state index contributed by atoms with van der Waals surface area (Å²) in [5.41, 5.74) is 1.61. The molecule has 2 heterocycles. The lowest BCUT2D eigenvalue weighted by Gasteiger charge is -2.27. The highest BCUT2D eigenvalue weighted by molar-refractivity contribution is 9.10. The molecule has 0 spiro atoms. The number of furan rings is 1. The lowest BCUT2D eigenvalue weighted by Crippen LogP contribution is -2.46. The Morgan fingerprint density at radius 2 is 2.14 bits per heavy atom. The van der Waals surface area contributed by atoms with Gasteiger partial charge in [0.2, 0.25) is 0 Å². The molecule has 1 unspecified atom stereocenters. The van der Waals surface area contributed by atoms with Crippen LogP contribution in [-0.2, 0) is 17.6 Å². The average Bonchev–Trinajstić information content (AvgIpc) is 2.66. The Morgan fingerprint density at radius 3 is 2.82 bits per heavy atom. The topological polar surface area (TPSA) is 33.5 Å². The van der Waals surface area contributed by atoms with E-state index in [9.17, 15) is 18.0 Å². The van der Waals surface area contributed by atoms with Gasteiger partial charge in [-0.15, -0.1) is 0 Å². The van der Waals surface area contributed by atoms with Crippen molar-refractivity contribution in [3.8, 4) is 0 Å². The van der Waals surface area contributed by atoms with E-state index in [2.05, 4.69) is 15.9 Å². The number of carbonyl (C=O) groups excluding carboxylic acids is 1. The van der Waals surface area contributed by atoms with Crippen molar-refractivity contribution in [2.75, 3.05) is 6.54 Å². The van der Waals surface area contributed by atoms with Crippen LogP contribution in [0.4, 0.5) is 13.2 Å². The summed E-state index contributed by atoms with van der Waals surface area (Å²) in [6.45, 7) is 1.65. The second kappa shape index (κ2) is 5.30. The molecule has 1 aromatic heterocycles. The molecule has 0 saturated carbocycles. The summed E-state index contributed by atoms with van der Waals surface area (Å²) in [4.78, 5) is 12.4. The van der Waals surface area contributed by atoms with Gasteiger partial charge in [0.05, 0.1) is 0 Å². The van der Waals surface area contributed by atoms with Crippen molar-refractivity contribution in [3.63, 3.8) is 0 Å². The smallest absolute Gasteiger partial charge is 0.461 e. The number of halogens is 4. The van der Waals surface area contributed by atoms with Gasteiger partial charge in [0.15, 0.2) is 0 Å². The Morgan fingerprint density at radius 1 is 1.41 bits per heavy atom. The minimum atomic E-state index is -4.84. The molecule has 0 fully saturated rings. The van der Waals surface area contributed by atoms with Crippen molar-refractivity contribution >= 4 is 32.8 Å². The molecule has 1 aromatic carbocycles. The third kappa shape index (κ3) is 2.62. The van der Waals surface area contributed by atoms with Crippen LogP contribution in [0.1, 0.15) is 18.2 Å². The zero-order valence-electron chi connectivity index (χ0n) is 11.7. The first-order chi connectivity index (χ1) is 10.3. The zero-order valence-corrected chi connectivity index (χ0v) is 13.3. The number of rotatable bonds is 0. The Balaban J connectivity index is 1.97. The molecule has 0 saturated heterocycles. The summed E-state index contributed by atoms with van der Waals surface area (Å²) in [5.74, 6) is -1.12. The predicted octanol–water partition coefficient (Wildman–Crippen LogP) is 4.07. The lowest BCUT2D eigenvalue weighted by atomic mass is 10.1. The van der Waals surface area contributed by atoms with E-state index in [0.29, 0.717) is 12.2 Å². The Labute approximate surface area is 133 Å². The van der Waals surface area contributed by atoms with Crippen molar-refractivity contribution in [2.45, 2.75) is 32.0 Å². The van der Waals surface area contributed by atoms with Crippen LogP contribution >= 0.6 is 15.9 Å². The molecular weight excluding hydrogens is 363 g/mol. The van der Waals surface area contributed by atoms with Gasteiger partial charge in [-0.2, -0.15) is 13.2 Å². The number of hydrogen-bond donors (Lipinski definition) is 0. The standard InChI is InChI=1S/C15H13BrF3NO2/c1-8-6-13-10(4-5-20(8)14(21)15(17,18)19)11-7-9(16)2-3-12(11)22-13/h2-3,7-8H,4-6H2,1H3. The third-order valence-corrected chi connectivity index (χ3v) is 4.45. The van der Waals surface area contributed by atoms with Gasteiger partial charge in [0, 0.05) is 34.4 Å². The maximum atomic E-state index is 12.7. The van der Waals surface area contributed by atoms with E-state index in [1.54, 1.807) is 6.92 Å². The summed E-state index contributed by atoms with van der Waals surface area (Å²) in [7, 11) is 0. The maximum absolute atomic E-state index is 12.7. The molecule has 0 N–H and O–H groups in total. The first kappa shape index (κ1) is 15.4. The second-order valence-corrected chi connectivity index (χ2v) is 6.36. The van der Waals surface area contributed by atoms with E-state index in [-0.39, 0.29) is 13.0 Å².